The lowest BCUT2D eigenvalue weighted by atomic mass is 10.1. The highest BCUT2D eigenvalue weighted by molar-refractivity contribution is 5.77. The van der Waals surface area contributed by atoms with E-state index in [0.717, 1.165) is 59.3 Å². The van der Waals surface area contributed by atoms with Gasteiger partial charge in [-0.3, -0.25) is 4.98 Å². The molecule has 0 saturated carbocycles. The zero-order valence-electron chi connectivity index (χ0n) is 14.3. The third-order valence-electron chi connectivity index (χ3n) is 5.45. The highest BCUT2D eigenvalue weighted by atomic mass is 14.8. The molecular weight excluding hydrogens is 320 g/mol. The van der Waals surface area contributed by atoms with Crippen molar-refractivity contribution < 1.29 is 0 Å². The summed E-state index contributed by atoms with van der Waals surface area (Å²) in [6.45, 7) is 0. The summed E-state index contributed by atoms with van der Waals surface area (Å²) < 4.78 is 0. The molecule has 0 saturated heterocycles. The van der Waals surface area contributed by atoms with Crippen molar-refractivity contribution in [2.45, 2.75) is 25.7 Å². The van der Waals surface area contributed by atoms with Crippen LogP contribution in [0.2, 0.25) is 0 Å². The average Bonchev–Trinajstić information content (AvgIpc) is 3.38. The molecule has 2 aliphatic heterocycles. The Morgan fingerprint density at radius 3 is 2.38 bits per heavy atom. The Balaban J connectivity index is 1.73. The van der Waals surface area contributed by atoms with Crippen LogP contribution in [0.25, 0.3) is 34.2 Å². The number of hydrogen-bond acceptors (Lipinski definition) is 2. The minimum absolute atomic E-state index is 0.969. The van der Waals surface area contributed by atoms with E-state index in [0.29, 0.717) is 0 Å². The van der Waals surface area contributed by atoms with Crippen LogP contribution in [0.1, 0.15) is 33.9 Å². The van der Waals surface area contributed by atoms with E-state index in [-0.39, 0.29) is 0 Å². The fourth-order valence-electron chi connectivity index (χ4n) is 4.24. The first kappa shape index (κ1) is 14.1. The molecule has 0 aromatic carbocycles. The van der Waals surface area contributed by atoms with E-state index in [2.05, 4.69) is 58.5 Å². The number of fused-ring (bicyclic) bond motifs is 8. The van der Waals surface area contributed by atoms with Gasteiger partial charge in [-0.05, 0) is 85.4 Å². The standard InChI is InChI=1S/C22H18N4/c1-7-20-21-8-6-18(25-21)11-16-3-2-14(23-16)10-15-4-5-17(24-15)12-19-9-13(1)22(20)26-19/h2-5,9-12,23,26H,1,6-8H2. The lowest BCUT2D eigenvalue weighted by Gasteiger charge is -1.95. The Bertz CT molecular complexity index is 1240. The summed E-state index contributed by atoms with van der Waals surface area (Å²) in [5, 5.41) is 0. The summed E-state index contributed by atoms with van der Waals surface area (Å²) in [6.07, 6.45) is 8.36. The molecule has 3 aromatic rings. The van der Waals surface area contributed by atoms with Gasteiger partial charge in [0.15, 0.2) is 0 Å². The molecule has 0 amide bonds. The van der Waals surface area contributed by atoms with Crippen LogP contribution in [0.4, 0.5) is 0 Å². The summed E-state index contributed by atoms with van der Waals surface area (Å²) in [7, 11) is 0. The summed E-state index contributed by atoms with van der Waals surface area (Å²) in [6, 6.07) is 12.8. The van der Waals surface area contributed by atoms with E-state index >= 15 is 0 Å². The van der Waals surface area contributed by atoms with Crippen LogP contribution in [-0.4, -0.2) is 19.9 Å². The normalized spacial score (nSPS) is 14.9. The van der Waals surface area contributed by atoms with Crippen LogP contribution in [0.5, 0.6) is 0 Å². The molecule has 0 spiro atoms. The van der Waals surface area contributed by atoms with Crippen molar-refractivity contribution in [1.29, 1.82) is 0 Å². The van der Waals surface area contributed by atoms with E-state index in [1.807, 2.05) is 0 Å². The van der Waals surface area contributed by atoms with E-state index in [4.69, 9.17) is 9.97 Å². The number of aromatic nitrogens is 4. The topological polar surface area (TPSA) is 57.4 Å². The molecule has 0 atom stereocenters. The summed E-state index contributed by atoms with van der Waals surface area (Å²) in [4.78, 5) is 16.7. The summed E-state index contributed by atoms with van der Waals surface area (Å²) in [5.74, 6) is 0. The highest BCUT2D eigenvalue weighted by Gasteiger charge is 2.19. The first-order chi connectivity index (χ1) is 12.8. The maximum absolute atomic E-state index is 4.95. The van der Waals surface area contributed by atoms with Crippen LogP contribution in [0.15, 0.2) is 36.4 Å². The van der Waals surface area contributed by atoms with E-state index in [1.165, 1.54) is 22.3 Å². The fourth-order valence-corrected chi connectivity index (χ4v) is 4.24. The van der Waals surface area contributed by atoms with Gasteiger partial charge in [0, 0.05) is 33.5 Å². The Morgan fingerprint density at radius 1 is 0.692 bits per heavy atom. The average molecular weight is 338 g/mol. The molecule has 4 nitrogen and oxygen atoms in total. The number of nitrogens with one attached hydrogen (secondary N) is 2. The number of H-pyrrole nitrogens is 2. The first-order valence-electron chi connectivity index (χ1n) is 9.19. The molecule has 8 bridgehead atoms. The van der Waals surface area contributed by atoms with Gasteiger partial charge in [-0.15, -0.1) is 0 Å². The van der Waals surface area contributed by atoms with Crippen LogP contribution in [0.3, 0.4) is 0 Å². The second kappa shape index (κ2) is 5.18. The molecule has 26 heavy (non-hydrogen) atoms. The Hall–Kier alpha value is -3.14. The van der Waals surface area contributed by atoms with Gasteiger partial charge < -0.3 is 9.97 Å². The van der Waals surface area contributed by atoms with Crippen molar-refractivity contribution in [1.82, 2.24) is 19.9 Å². The minimum Gasteiger partial charge on any atom is -0.355 e. The number of aryl methyl sites for hydroxylation is 4. The molecule has 3 aliphatic rings. The second-order valence-electron chi connectivity index (χ2n) is 7.25. The molecule has 126 valence electrons. The Labute approximate surface area is 150 Å². The van der Waals surface area contributed by atoms with E-state index < -0.39 is 0 Å². The van der Waals surface area contributed by atoms with Crippen molar-refractivity contribution >= 4 is 34.2 Å². The molecule has 2 N–H and O–H groups in total. The van der Waals surface area contributed by atoms with Gasteiger partial charge >= 0.3 is 0 Å². The number of aromatic amines is 2. The van der Waals surface area contributed by atoms with Crippen LogP contribution in [-0.2, 0) is 25.7 Å². The largest absolute Gasteiger partial charge is 0.355 e. The smallest absolute Gasteiger partial charge is 0.0658 e. The van der Waals surface area contributed by atoms with Gasteiger partial charge in [0.25, 0.3) is 0 Å². The molecule has 5 heterocycles. The Kier molecular flexibility index (Phi) is 2.80. The molecule has 4 heteroatoms. The van der Waals surface area contributed by atoms with Crippen molar-refractivity contribution in [3.8, 4) is 0 Å². The molecule has 0 unspecified atom stereocenters. The monoisotopic (exact) mass is 338 g/mol. The van der Waals surface area contributed by atoms with E-state index in [9.17, 15) is 0 Å². The van der Waals surface area contributed by atoms with Gasteiger partial charge in [-0.25, -0.2) is 4.98 Å². The lowest BCUT2D eigenvalue weighted by Crippen LogP contribution is -1.89. The second-order valence-corrected chi connectivity index (χ2v) is 7.25. The summed E-state index contributed by atoms with van der Waals surface area (Å²) >= 11 is 0. The Morgan fingerprint density at radius 2 is 1.50 bits per heavy atom. The fraction of sp³-hybridized carbons (Fsp3) is 0.182. The van der Waals surface area contributed by atoms with Crippen molar-refractivity contribution in [3.05, 3.63) is 70.3 Å². The zero-order valence-corrected chi connectivity index (χ0v) is 14.3. The van der Waals surface area contributed by atoms with Crippen molar-refractivity contribution in [3.63, 3.8) is 0 Å². The molecule has 0 radical (unpaired) electrons. The van der Waals surface area contributed by atoms with Gasteiger partial charge in [-0.1, -0.05) is 0 Å². The van der Waals surface area contributed by atoms with Crippen molar-refractivity contribution in [2.24, 2.45) is 0 Å². The SMILES string of the molecule is C1=Cc2cc3cc4c([nH]3)c(c3nc(cc5ccc(cc1n2)[nH]5)CC3)CC4. The van der Waals surface area contributed by atoms with E-state index in [1.54, 1.807) is 0 Å². The molecule has 1 aliphatic carbocycles. The van der Waals surface area contributed by atoms with Gasteiger partial charge in [0.2, 0.25) is 0 Å². The number of nitrogens with zero attached hydrogens (tertiary/aromatic N) is 2. The number of hydrogen-bond donors (Lipinski definition) is 2. The third kappa shape index (κ3) is 2.22. The van der Waals surface area contributed by atoms with Gasteiger partial charge in [0.1, 0.15) is 0 Å². The maximum Gasteiger partial charge on any atom is 0.0658 e. The zero-order chi connectivity index (χ0) is 17.1. The van der Waals surface area contributed by atoms with Crippen LogP contribution >= 0.6 is 0 Å². The predicted octanol–water partition coefficient (Wildman–Crippen LogP) is 4.37. The lowest BCUT2D eigenvalue weighted by molar-refractivity contribution is 0.961. The van der Waals surface area contributed by atoms with Crippen molar-refractivity contribution in [2.75, 3.05) is 0 Å². The molecule has 6 rings (SSSR count). The highest BCUT2D eigenvalue weighted by Crippen LogP contribution is 2.29. The summed E-state index contributed by atoms with van der Waals surface area (Å²) in [5.41, 5.74) is 11.7. The molecule has 0 fully saturated rings. The van der Waals surface area contributed by atoms with Gasteiger partial charge in [-0.2, -0.15) is 0 Å². The maximum atomic E-state index is 4.95. The molecular formula is C22H18N4. The van der Waals surface area contributed by atoms with Gasteiger partial charge in [0.05, 0.1) is 11.4 Å². The number of rotatable bonds is 0. The molecule has 3 aromatic heterocycles. The quantitative estimate of drug-likeness (QED) is 0.500. The minimum atomic E-state index is 0.969. The predicted molar refractivity (Wildman–Crippen MR) is 105 cm³/mol. The third-order valence-corrected chi connectivity index (χ3v) is 5.45. The first-order valence-corrected chi connectivity index (χ1v) is 9.19. The van der Waals surface area contributed by atoms with Crippen LogP contribution in [0, 0.1) is 0 Å². The van der Waals surface area contributed by atoms with Crippen LogP contribution < -0.4 is 0 Å².